The van der Waals surface area contributed by atoms with E-state index in [0.29, 0.717) is 16.7 Å². The second-order valence-electron chi connectivity index (χ2n) is 4.46. The van der Waals surface area contributed by atoms with Crippen LogP contribution in [-0.2, 0) is 0 Å². The molecule has 106 valence electrons. The molecule has 0 aliphatic heterocycles. The molecule has 0 spiro atoms. The summed E-state index contributed by atoms with van der Waals surface area (Å²) in [7, 11) is 0. The molecule has 2 aromatic carbocycles. The number of hydrogen-bond donors (Lipinski definition) is 2. The maximum Gasteiger partial charge on any atom is 0.291 e. The van der Waals surface area contributed by atoms with Crippen LogP contribution < -0.4 is 11.1 Å². The summed E-state index contributed by atoms with van der Waals surface area (Å²) in [5.41, 5.74) is 6.75. The Kier molecular flexibility index (Phi) is 3.27. The van der Waals surface area contributed by atoms with Gasteiger partial charge in [0.05, 0.1) is 10.7 Å². The van der Waals surface area contributed by atoms with Crippen LogP contribution in [0.4, 0.5) is 15.8 Å². The Morgan fingerprint density at radius 2 is 2.05 bits per heavy atom. The fourth-order valence-corrected chi connectivity index (χ4v) is 2.13. The number of furan rings is 1. The number of rotatable bonds is 2. The van der Waals surface area contributed by atoms with E-state index in [1.54, 1.807) is 30.3 Å². The average Bonchev–Trinajstić information content (AvgIpc) is 2.87. The smallest absolute Gasteiger partial charge is 0.291 e. The van der Waals surface area contributed by atoms with Crippen molar-refractivity contribution in [1.29, 1.82) is 0 Å². The molecule has 1 amide bonds. The van der Waals surface area contributed by atoms with E-state index in [1.165, 1.54) is 12.1 Å². The molecule has 0 bridgehead atoms. The van der Waals surface area contributed by atoms with E-state index in [9.17, 15) is 9.18 Å². The molecule has 1 heterocycles. The standard InChI is InChI=1S/C15H10ClFN2O2/c16-10-2-1-3-11(14(10)17)19-15(20)13-7-8-6-9(18)4-5-12(8)21-13/h1-7H,18H2,(H,19,20). The lowest BCUT2D eigenvalue weighted by Gasteiger charge is -2.05. The maximum atomic E-state index is 13.7. The second kappa shape index (κ2) is 5.10. The summed E-state index contributed by atoms with van der Waals surface area (Å²) in [4.78, 5) is 12.1. The first-order chi connectivity index (χ1) is 10.0. The molecule has 0 fully saturated rings. The van der Waals surface area contributed by atoms with E-state index >= 15 is 0 Å². The van der Waals surface area contributed by atoms with Crippen molar-refractivity contribution in [2.24, 2.45) is 0 Å². The summed E-state index contributed by atoms with van der Waals surface area (Å²) < 4.78 is 19.1. The third kappa shape index (κ3) is 2.55. The van der Waals surface area contributed by atoms with Crippen molar-refractivity contribution >= 4 is 39.9 Å². The number of anilines is 2. The van der Waals surface area contributed by atoms with Crippen LogP contribution >= 0.6 is 11.6 Å². The van der Waals surface area contributed by atoms with Crippen LogP contribution in [0.3, 0.4) is 0 Å². The normalized spacial score (nSPS) is 10.8. The maximum absolute atomic E-state index is 13.7. The zero-order chi connectivity index (χ0) is 15.0. The van der Waals surface area contributed by atoms with E-state index in [1.807, 2.05) is 0 Å². The number of carbonyl (C=O) groups is 1. The first-order valence-electron chi connectivity index (χ1n) is 6.09. The second-order valence-corrected chi connectivity index (χ2v) is 4.87. The highest BCUT2D eigenvalue weighted by atomic mass is 35.5. The van der Waals surface area contributed by atoms with Crippen LogP contribution in [0.15, 0.2) is 46.9 Å². The number of carbonyl (C=O) groups excluding carboxylic acids is 1. The number of halogens is 2. The molecular weight excluding hydrogens is 295 g/mol. The highest BCUT2D eigenvalue weighted by Crippen LogP contribution is 2.25. The fourth-order valence-electron chi connectivity index (χ4n) is 1.96. The SMILES string of the molecule is Nc1ccc2oc(C(=O)Nc3cccc(Cl)c3F)cc2c1. The largest absolute Gasteiger partial charge is 0.451 e. The topological polar surface area (TPSA) is 68.3 Å². The molecule has 3 rings (SSSR count). The molecule has 3 N–H and O–H groups in total. The van der Waals surface area contributed by atoms with Gasteiger partial charge in [0.1, 0.15) is 5.58 Å². The third-order valence-corrected chi connectivity index (χ3v) is 3.26. The Morgan fingerprint density at radius 1 is 1.24 bits per heavy atom. The summed E-state index contributed by atoms with van der Waals surface area (Å²) in [6.45, 7) is 0. The summed E-state index contributed by atoms with van der Waals surface area (Å²) in [6.07, 6.45) is 0. The molecule has 0 saturated heterocycles. The molecule has 6 heteroatoms. The molecule has 1 aromatic heterocycles. The lowest BCUT2D eigenvalue weighted by atomic mass is 10.2. The number of nitrogens with two attached hydrogens (primary N) is 1. The molecule has 21 heavy (non-hydrogen) atoms. The zero-order valence-electron chi connectivity index (χ0n) is 10.7. The van der Waals surface area contributed by atoms with Crippen molar-refractivity contribution in [3.05, 3.63) is 59.1 Å². The van der Waals surface area contributed by atoms with Gasteiger partial charge in [-0.1, -0.05) is 17.7 Å². The molecule has 0 radical (unpaired) electrons. The van der Waals surface area contributed by atoms with Gasteiger partial charge in [-0.25, -0.2) is 4.39 Å². The molecule has 3 aromatic rings. The predicted octanol–water partition coefficient (Wildman–Crippen LogP) is 4.06. The van der Waals surface area contributed by atoms with Gasteiger partial charge in [-0.2, -0.15) is 0 Å². The van der Waals surface area contributed by atoms with E-state index in [0.717, 1.165) is 0 Å². The third-order valence-electron chi connectivity index (χ3n) is 2.96. The van der Waals surface area contributed by atoms with Gasteiger partial charge >= 0.3 is 0 Å². The van der Waals surface area contributed by atoms with Gasteiger partial charge in [0, 0.05) is 11.1 Å². The molecule has 4 nitrogen and oxygen atoms in total. The lowest BCUT2D eigenvalue weighted by Crippen LogP contribution is -2.12. The molecular formula is C15H10ClFN2O2. The molecule has 0 saturated carbocycles. The van der Waals surface area contributed by atoms with Crippen molar-refractivity contribution in [2.75, 3.05) is 11.1 Å². The number of nitrogens with one attached hydrogen (secondary N) is 1. The van der Waals surface area contributed by atoms with Gasteiger partial charge in [-0.05, 0) is 36.4 Å². The Balaban J connectivity index is 1.91. The number of amides is 1. The van der Waals surface area contributed by atoms with Crippen molar-refractivity contribution in [2.45, 2.75) is 0 Å². The Labute approximate surface area is 124 Å². The van der Waals surface area contributed by atoms with Crippen LogP contribution in [0.25, 0.3) is 11.0 Å². The highest BCUT2D eigenvalue weighted by molar-refractivity contribution is 6.31. The summed E-state index contributed by atoms with van der Waals surface area (Å²) in [6, 6.07) is 10.9. The zero-order valence-corrected chi connectivity index (χ0v) is 11.4. The minimum Gasteiger partial charge on any atom is -0.451 e. The van der Waals surface area contributed by atoms with Crippen LogP contribution in [0.1, 0.15) is 10.6 Å². The quantitative estimate of drug-likeness (QED) is 0.701. The van der Waals surface area contributed by atoms with Gasteiger partial charge in [-0.15, -0.1) is 0 Å². The first kappa shape index (κ1) is 13.5. The van der Waals surface area contributed by atoms with Crippen molar-refractivity contribution in [1.82, 2.24) is 0 Å². The number of fused-ring (bicyclic) bond motifs is 1. The minimum absolute atomic E-state index is 0.00697. The van der Waals surface area contributed by atoms with E-state index in [4.69, 9.17) is 21.8 Å². The first-order valence-corrected chi connectivity index (χ1v) is 6.47. The Morgan fingerprint density at radius 3 is 2.86 bits per heavy atom. The summed E-state index contributed by atoms with van der Waals surface area (Å²) in [5, 5.41) is 3.06. The van der Waals surface area contributed by atoms with E-state index in [2.05, 4.69) is 5.32 Å². The van der Waals surface area contributed by atoms with Gasteiger partial charge in [0.2, 0.25) is 0 Å². The predicted molar refractivity (Wildman–Crippen MR) is 80.0 cm³/mol. The van der Waals surface area contributed by atoms with Gasteiger partial charge < -0.3 is 15.5 Å². The monoisotopic (exact) mass is 304 g/mol. The summed E-state index contributed by atoms with van der Waals surface area (Å²) in [5.74, 6) is -1.19. The molecule has 0 atom stereocenters. The Bertz CT molecular complexity index is 845. The van der Waals surface area contributed by atoms with E-state index < -0.39 is 11.7 Å². The van der Waals surface area contributed by atoms with Crippen LogP contribution in [0, 0.1) is 5.82 Å². The number of hydrogen-bond acceptors (Lipinski definition) is 3. The fraction of sp³-hybridized carbons (Fsp3) is 0. The Hall–Kier alpha value is -2.53. The van der Waals surface area contributed by atoms with Crippen molar-refractivity contribution in [3.63, 3.8) is 0 Å². The molecule has 0 unspecified atom stereocenters. The number of nitrogen functional groups attached to an aromatic ring is 1. The van der Waals surface area contributed by atoms with Crippen LogP contribution in [0.2, 0.25) is 5.02 Å². The van der Waals surface area contributed by atoms with Gasteiger partial charge in [0.15, 0.2) is 11.6 Å². The lowest BCUT2D eigenvalue weighted by molar-refractivity contribution is 0.0998. The number of benzene rings is 2. The van der Waals surface area contributed by atoms with Gasteiger partial charge in [-0.3, -0.25) is 4.79 Å². The van der Waals surface area contributed by atoms with E-state index in [-0.39, 0.29) is 16.5 Å². The van der Waals surface area contributed by atoms with Crippen molar-refractivity contribution in [3.8, 4) is 0 Å². The van der Waals surface area contributed by atoms with Crippen molar-refractivity contribution < 1.29 is 13.6 Å². The average molecular weight is 305 g/mol. The minimum atomic E-state index is -0.687. The van der Waals surface area contributed by atoms with Gasteiger partial charge in [0.25, 0.3) is 5.91 Å². The summed E-state index contributed by atoms with van der Waals surface area (Å²) >= 11 is 5.66. The highest BCUT2D eigenvalue weighted by Gasteiger charge is 2.15. The molecule has 0 aliphatic rings. The van der Waals surface area contributed by atoms with Crippen LogP contribution in [0.5, 0.6) is 0 Å². The van der Waals surface area contributed by atoms with Crippen LogP contribution in [-0.4, -0.2) is 5.91 Å². The molecule has 0 aliphatic carbocycles.